The summed E-state index contributed by atoms with van der Waals surface area (Å²) in [4.78, 5) is 37.8. The Balaban J connectivity index is 4.46. The second-order valence-corrected chi connectivity index (χ2v) is 15.7. The molecular formula is C52H88O6. The summed E-state index contributed by atoms with van der Waals surface area (Å²) in [5.41, 5.74) is 0. The maximum Gasteiger partial charge on any atom is 0.306 e. The molecule has 0 spiro atoms. The van der Waals surface area contributed by atoms with Crippen LogP contribution in [0.4, 0.5) is 0 Å². The summed E-state index contributed by atoms with van der Waals surface area (Å²) < 4.78 is 16.7. The number of esters is 3. The molecule has 0 saturated carbocycles. The van der Waals surface area contributed by atoms with Crippen LogP contribution in [0.25, 0.3) is 0 Å². The zero-order valence-electron chi connectivity index (χ0n) is 37.8. The monoisotopic (exact) mass is 809 g/mol. The average Bonchev–Trinajstić information content (AvgIpc) is 3.22. The summed E-state index contributed by atoms with van der Waals surface area (Å²) in [5, 5.41) is 0. The van der Waals surface area contributed by atoms with E-state index < -0.39 is 6.10 Å². The summed E-state index contributed by atoms with van der Waals surface area (Å²) >= 11 is 0. The van der Waals surface area contributed by atoms with Gasteiger partial charge in [-0.25, -0.2) is 0 Å². The van der Waals surface area contributed by atoms with Crippen LogP contribution in [0.2, 0.25) is 0 Å². The van der Waals surface area contributed by atoms with Gasteiger partial charge in [-0.15, -0.1) is 0 Å². The molecule has 6 heteroatoms. The largest absolute Gasteiger partial charge is 0.462 e. The number of unbranched alkanes of at least 4 members (excludes halogenated alkanes) is 22. The molecule has 1 unspecified atom stereocenters. The summed E-state index contributed by atoms with van der Waals surface area (Å²) in [6.45, 7) is 6.40. The van der Waals surface area contributed by atoms with Crippen LogP contribution in [-0.4, -0.2) is 37.2 Å². The molecule has 0 aromatic carbocycles. The third-order valence-electron chi connectivity index (χ3n) is 10.0. The van der Waals surface area contributed by atoms with Crippen molar-refractivity contribution in [2.45, 2.75) is 226 Å². The zero-order valence-corrected chi connectivity index (χ0v) is 37.8. The first kappa shape index (κ1) is 54.9. The third kappa shape index (κ3) is 44.0. The molecule has 1 atom stereocenters. The van der Waals surface area contributed by atoms with E-state index in [-0.39, 0.29) is 31.1 Å². The highest BCUT2D eigenvalue weighted by Crippen LogP contribution is 2.13. The Kier molecular flexibility index (Phi) is 44.0. The highest BCUT2D eigenvalue weighted by molar-refractivity contribution is 5.71. The van der Waals surface area contributed by atoms with Gasteiger partial charge in [-0.1, -0.05) is 190 Å². The van der Waals surface area contributed by atoms with Gasteiger partial charge in [0.1, 0.15) is 13.2 Å². The molecule has 0 amide bonds. The van der Waals surface area contributed by atoms with Crippen molar-refractivity contribution in [2.24, 2.45) is 0 Å². The highest BCUT2D eigenvalue weighted by atomic mass is 16.6. The van der Waals surface area contributed by atoms with Gasteiger partial charge in [0.05, 0.1) is 0 Å². The van der Waals surface area contributed by atoms with Gasteiger partial charge in [-0.2, -0.15) is 0 Å². The van der Waals surface area contributed by atoms with E-state index in [1.54, 1.807) is 0 Å². The molecule has 0 saturated heterocycles. The maximum absolute atomic E-state index is 12.7. The van der Waals surface area contributed by atoms with Crippen LogP contribution < -0.4 is 0 Å². The molecule has 0 heterocycles. The number of carbonyl (C=O) groups excluding carboxylic acids is 3. The Bertz CT molecular complexity index is 1110. The average molecular weight is 809 g/mol. The zero-order chi connectivity index (χ0) is 42.3. The predicted molar refractivity (Wildman–Crippen MR) is 247 cm³/mol. The van der Waals surface area contributed by atoms with Crippen molar-refractivity contribution in [1.29, 1.82) is 0 Å². The Morgan fingerprint density at radius 3 is 1.17 bits per heavy atom. The van der Waals surface area contributed by atoms with Crippen LogP contribution >= 0.6 is 0 Å². The van der Waals surface area contributed by atoms with Crippen LogP contribution in [0.1, 0.15) is 220 Å². The van der Waals surface area contributed by atoms with Crippen molar-refractivity contribution in [2.75, 3.05) is 13.2 Å². The van der Waals surface area contributed by atoms with E-state index in [4.69, 9.17) is 14.2 Å². The molecule has 0 N–H and O–H groups in total. The molecule has 0 aromatic heterocycles. The quantitative estimate of drug-likeness (QED) is 0.0201. The lowest BCUT2D eigenvalue weighted by Crippen LogP contribution is -2.30. The number of carbonyl (C=O) groups is 3. The lowest BCUT2D eigenvalue weighted by atomic mass is 10.1. The molecule has 0 bridgehead atoms. The first-order valence-corrected chi connectivity index (χ1v) is 24.0. The van der Waals surface area contributed by atoms with Crippen molar-refractivity contribution in [1.82, 2.24) is 0 Å². The smallest absolute Gasteiger partial charge is 0.306 e. The lowest BCUT2D eigenvalue weighted by Gasteiger charge is -2.18. The van der Waals surface area contributed by atoms with Gasteiger partial charge in [0.2, 0.25) is 0 Å². The minimum absolute atomic E-state index is 0.0976. The Morgan fingerprint density at radius 2 is 0.707 bits per heavy atom. The standard InChI is InChI=1S/C52H88O6/c1-4-7-10-13-16-19-22-24-25-26-28-30-33-36-39-42-45-51(54)57-48-49(47-56-50(53)44-41-38-35-32-29-21-18-15-12-9-6-3)58-52(55)46-43-40-37-34-31-27-23-20-17-14-11-8-5-2/h8,11,14-15,17-18,20,23,25-26,28,30,49H,4-7,9-10,12-13,16,19,21-22,24,27,29,31-48H2,1-3H3/b11-8-,17-14-,18-15-,23-20-,26-25-,30-28-. The van der Waals surface area contributed by atoms with Gasteiger partial charge in [0, 0.05) is 19.3 Å². The minimum atomic E-state index is -0.798. The van der Waals surface area contributed by atoms with Crippen LogP contribution in [-0.2, 0) is 28.6 Å². The fourth-order valence-electron chi connectivity index (χ4n) is 6.35. The molecule has 0 rings (SSSR count). The Labute approximate surface area is 357 Å². The topological polar surface area (TPSA) is 78.9 Å². The molecule has 332 valence electrons. The van der Waals surface area contributed by atoms with E-state index in [9.17, 15) is 14.4 Å². The van der Waals surface area contributed by atoms with E-state index in [0.717, 1.165) is 109 Å². The molecule has 0 aliphatic heterocycles. The fraction of sp³-hybridized carbons (Fsp3) is 0.712. The van der Waals surface area contributed by atoms with Gasteiger partial charge in [0.15, 0.2) is 6.10 Å². The minimum Gasteiger partial charge on any atom is -0.462 e. The van der Waals surface area contributed by atoms with Crippen LogP contribution in [0, 0.1) is 0 Å². The summed E-state index contributed by atoms with van der Waals surface area (Å²) in [5.74, 6) is -0.958. The van der Waals surface area contributed by atoms with E-state index in [0.29, 0.717) is 19.3 Å². The Hall–Kier alpha value is -3.15. The Morgan fingerprint density at radius 1 is 0.362 bits per heavy atom. The second-order valence-electron chi connectivity index (χ2n) is 15.7. The molecular weight excluding hydrogens is 721 g/mol. The van der Waals surface area contributed by atoms with E-state index in [2.05, 4.69) is 93.7 Å². The van der Waals surface area contributed by atoms with Crippen LogP contribution in [0.15, 0.2) is 72.9 Å². The van der Waals surface area contributed by atoms with E-state index in [1.165, 1.54) is 70.6 Å². The normalized spacial score (nSPS) is 12.7. The lowest BCUT2D eigenvalue weighted by molar-refractivity contribution is -0.167. The number of ether oxygens (including phenoxy) is 3. The SMILES string of the molecule is CC\C=C/C=C\C=C/CCCCCCCC(=O)OC(COC(=O)CCCCC/C=C\C=C/CCCCCCCCC)COC(=O)CCCCCCC/C=C\CCCC. The second kappa shape index (κ2) is 46.5. The van der Waals surface area contributed by atoms with Crippen molar-refractivity contribution in [3.05, 3.63) is 72.9 Å². The van der Waals surface area contributed by atoms with Gasteiger partial charge >= 0.3 is 17.9 Å². The first-order chi connectivity index (χ1) is 28.5. The summed E-state index contributed by atoms with van der Waals surface area (Å²) in [6, 6.07) is 0. The van der Waals surface area contributed by atoms with Crippen LogP contribution in [0.5, 0.6) is 0 Å². The molecule has 58 heavy (non-hydrogen) atoms. The number of allylic oxidation sites excluding steroid dienone is 12. The van der Waals surface area contributed by atoms with Crippen molar-refractivity contribution in [3.63, 3.8) is 0 Å². The third-order valence-corrected chi connectivity index (χ3v) is 10.0. The van der Waals surface area contributed by atoms with Crippen molar-refractivity contribution < 1.29 is 28.6 Å². The molecule has 0 fully saturated rings. The van der Waals surface area contributed by atoms with Gasteiger partial charge < -0.3 is 14.2 Å². The summed E-state index contributed by atoms with van der Waals surface area (Å²) in [7, 11) is 0. The van der Waals surface area contributed by atoms with Gasteiger partial charge in [-0.3, -0.25) is 14.4 Å². The van der Waals surface area contributed by atoms with Gasteiger partial charge in [-0.05, 0) is 83.5 Å². The van der Waals surface area contributed by atoms with Gasteiger partial charge in [0.25, 0.3) is 0 Å². The predicted octanol–water partition coefficient (Wildman–Crippen LogP) is 15.5. The molecule has 0 radical (unpaired) electrons. The fourth-order valence-corrected chi connectivity index (χ4v) is 6.35. The van der Waals surface area contributed by atoms with Crippen LogP contribution in [0.3, 0.4) is 0 Å². The highest BCUT2D eigenvalue weighted by Gasteiger charge is 2.19. The first-order valence-electron chi connectivity index (χ1n) is 24.0. The number of rotatable bonds is 42. The van der Waals surface area contributed by atoms with E-state index in [1.807, 2.05) is 0 Å². The number of hydrogen-bond donors (Lipinski definition) is 0. The number of hydrogen-bond acceptors (Lipinski definition) is 6. The van der Waals surface area contributed by atoms with E-state index >= 15 is 0 Å². The molecule has 0 aromatic rings. The molecule has 6 nitrogen and oxygen atoms in total. The maximum atomic E-state index is 12.7. The molecule has 0 aliphatic carbocycles. The molecule has 0 aliphatic rings. The summed E-state index contributed by atoms with van der Waals surface area (Å²) in [6.07, 6.45) is 57.4. The van der Waals surface area contributed by atoms with Crippen molar-refractivity contribution >= 4 is 17.9 Å². The van der Waals surface area contributed by atoms with Crippen molar-refractivity contribution in [3.8, 4) is 0 Å².